The van der Waals surface area contributed by atoms with Gasteiger partial charge in [0.1, 0.15) is 18.6 Å². The molecule has 0 unspecified atom stereocenters. The van der Waals surface area contributed by atoms with Crippen LogP contribution in [0, 0.1) is 0 Å². The van der Waals surface area contributed by atoms with E-state index in [-0.39, 0.29) is 0 Å². The minimum atomic E-state index is 0.559. The maximum Gasteiger partial charge on any atom is 0.227 e. The number of nitrogens with one attached hydrogen (secondary N) is 1. The topological polar surface area (TPSA) is 47.3 Å². The maximum atomic E-state index is 5.75. The Hall–Kier alpha value is -2.75. The highest BCUT2D eigenvalue weighted by Gasteiger charge is 2.05. The fourth-order valence-corrected chi connectivity index (χ4v) is 1.96. The molecule has 0 radical (unpaired) electrons. The second kappa shape index (κ2) is 6.13. The van der Waals surface area contributed by atoms with Crippen LogP contribution in [-0.2, 0) is 6.61 Å². The Morgan fingerprint density at radius 2 is 1.81 bits per heavy atom. The summed E-state index contributed by atoms with van der Waals surface area (Å²) >= 11 is 0. The van der Waals surface area contributed by atoms with E-state index in [0.29, 0.717) is 12.5 Å². The molecule has 0 aliphatic heterocycles. The van der Waals surface area contributed by atoms with E-state index < -0.39 is 0 Å². The van der Waals surface area contributed by atoms with Crippen LogP contribution in [0.3, 0.4) is 0 Å². The first-order valence-electron chi connectivity index (χ1n) is 6.75. The third kappa shape index (κ3) is 3.23. The molecular weight excluding hydrogens is 264 g/mol. The van der Waals surface area contributed by atoms with E-state index in [1.165, 1.54) is 0 Å². The van der Waals surface area contributed by atoms with Gasteiger partial charge >= 0.3 is 0 Å². The first kappa shape index (κ1) is 13.2. The van der Waals surface area contributed by atoms with Gasteiger partial charge in [-0.2, -0.15) is 4.98 Å². The van der Waals surface area contributed by atoms with Crippen molar-refractivity contribution in [3.8, 4) is 17.2 Å². The van der Waals surface area contributed by atoms with Gasteiger partial charge in [-0.05, 0) is 29.8 Å². The second-order valence-corrected chi connectivity index (χ2v) is 4.59. The molecule has 21 heavy (non-hydrogen) atoms. The Kier molecular flexibility index (Phi) is 3.87. The van der Waals surface area contributed by atoms with Gasteiger partial charge in [0.25, 0.3) is 0 Å². The molecule has 4 heteroatoms. The van der Waals surface area contributed by atoms with Crippen LogP contribution in [0.1, 0.15) is 5.56 Å². The van der Waals surface area contributed by atoms with Crippen molar-refractivity contribution in [1.29, 1.82) is 0 Å². The quantitative estimate of drug-likeness (QED) is 0.768. The molecule has 0 atom stereocenters. The van der Waals surface area contributed by atoms with Gasteiger partial charge < -0.3 is 14.5 Å². The number of hydrogen-bond acceptors (Lipinski definition) is 4. The van der Waals surface area contributed by atoms with Crippen molar-refractivity contribution in [3.63, 3.8) is 0 Å². The Labute approximate surface area is 123 Å². The van der Waals surface area contributed by atoms with Crippen LogP contribution < -0.4 is 10.1 Å². The molecule has 0 aliphatic rings. The van der Waals surface area contributed by atoms with Gasteiger partial charge in [0.2, 0.25) is 5.89 Å². The first-order valence-corrected chi connectivity index (χ1v) is 6.75. The van der Waals surface area contributed by atoms with Gasteiger partial charge in [-0.1, -0.05) is 30.3 Å². The number of ether oxygens (including phenoxy) is 1. The Morgan fingerprint density at radius 3 is 2.48 bits per heavy atom. The zero-order chi connectivity index (χ0) is 14.5. The van der Waals surface area contributed by atoms with Crippen LogP contribution >= 0.6 is 0 Å². The largest absolute Gasteiger partial charge is 0.489 e. The predicted molar refractivity (Wildman–Crippen MR) is 82.3 cm³/mol. The summed E-state index contributed by atoms with van der Waals surface area (Å²) in [7, 11) is 1.81. The molecule has 3 aromatic rings. The summed E-state index contributed by atoms with van der Waals surface area (Å²) in [5, 5.41) is 2.94. The van der Waals surface area contributed by atoms with Crippen molar-refractivity contribution in [2.75, 3.05) is 12.4 Å². The molecule has 3 rings (SSSR count). The monoisotopic (exact) mass is 280 g/mol. The summed E-state index contributed by atoms with van der Waals surface area (Å²) in [5.74, 6) is 2.13. The summed E-state index contributed by atoms with van der Waals surface area (Å²) in [6.45, 7) is 0.559. The third-order valence-corrected chi connectivity index (χ3v) is 3.11. The highest BCUT2D eigenvalue weighted by atomic mass is 16.5. The van der Waals surface area contributed by atoms with Gasteiger partial charge in [-0.25, -0.2) is 0 Å². The van der Waals surface area contributed by atoms with E-state index in [1.807, 2.05) is 61.6 Å². The lowest BCUT2D eigenvalue weighted by Gasteiger charge is -2.06. The normalized spacial score (nSPS) is 10.3. The number of anilines is 1. The molecule has 0 amide bonds. The van der Waals surface area contributed by atoms with E-state index in [4.69, 9.17) is 9.15 Å². The van der Waals surface area contributed by atoms with Crippen molar-refractivity contribution in [2.45, 2.75) is 6.61 Å². The molecule has 2 aromatic carbocycles. The molecule has 0 aliphatic carbocycles. The van der Waals surface area contributed by atoms with Crippen molar-refractivity contribution in [3.05, 3.63) is 66.4 Å². The van der Waals surface area contributed by atoms with Crippen molar-refractivity contribution >= 4 is 5.82 Å². The average molecular weight is 280 g/mol. The van der Waals surface area contributed by atoms with Crippen LogP contribution in [0.25, 0.3) is 11.5 Å². The average Bonchev–Trinajstić information content (AvgIpc) is 3.03. The van der Waals surface area contributed by atoms with Crippen molar-refractivity contribution in [1.82, 2.24) is 4.98 Å². The number of aromatic nitrogens is 1. The Morgan fingerprint density at radius 1 is 1.05 bits per heavy atom. The summed E-state index contributed by atoms with van der Waals surface area (Å²) in [5.41, 5.74) is 2.07. The first-order chi connectivity index (χ1) is 10.3. The molecule has 1 heterocycles. The molecule has 0 spiro atoms. The number of oxazole rings is 1. The lowest BCUT2D eigenvalue weighted by atomic mass is 10.2. The van der Waals surface area contributed by atoms with Crippen LogP contribution in [0.2, 0.25) is 0 Å². The van der Waals surface area contributed by atoms with Crippen LogP contribution in [0.15, 0.2) is 65.3 Å². The number of benzene rings is 2. The van der Waals surface area contributed by atoms with Crippen molar-refractivity contribution < 1.29 is 9.15 Å². The highest BCUT2D eigenvalue weighted by molar-refractivity contribution is 5.56. The molecule has 4 nitrogen and oxygen atoms in total. The standard InChI is InChI=1S/C17H16N2O2/c1-18-16-12-21-17(19-16)14-7-9-15(10-8-14)20-11-13-5-3-2-4-6-13/h2-10,12,18H,11H2,1H3. The zero-order valence-corrected chi connectivity index (χ0v) is 11.7. The number of hydrogen-bond donors (Lipinski definition) is 1. The number of nitrogens with zero attached hydrogens (tertiary/aromatic N) is 1. The fraction of sp³-hybridized carbons (Fsp3) is 0.118. The molecule has 0 bridgehead atoms. The molecule has 1 aromatic heterocycles. The number of rotatable bonds is 5. The van der Waals surface area contributed by atoms with Gasteiger partial charge in [0.15, 0.2) is 5.82 Å². The van der Waals surface area contributed by atoms with Crippen molar-refractivity contribution in [2.24, 2.45) is 0 Å². The molecule has 1 N–H and O–H groups in total. The SMILES string of the molecule is CNc1coc(-c2ccc(OCc3ccccc3)cc2)n1. The minimum Gasteiger partial charge on any atom is -0.489 e. The summed E-state index contributed by atoms with van der Waals surface area (Å²) in [6.07, 6.45) is 1.59. The summed E-state index contributed by atoms with van der Waals surface area (Å²) in [6, 6.07) is 17.8. The van der Waals surface area contributed by atoms with Gasteiger partial charge in [-0.3, -0.25) is 0 Å². The smallest absolute Gasteiger partial charge is 0.227 e. The summed E-state index contributed by atoms with van der Waals surface area (Å²) in [4.78, 5) is 4.30. The third-order valence-electron chi connectivity index (χ3n) is 3.11. The van der Waals surface area contributed by atoms with Gasteiger partial charge in [0.05, 0.1) is 0 Å². The Bertz CT molecular complexity index is 690. The van der Waals surface area contributed by atoms with Gasteiger partial charge in [0, 0.05) is 12.6 Å². The zero-order valence-electron chi connectivity index (χ0n) is 11.7. The minimum absolute atomic E-state index is 0.559. The van der Waals surface area contributed by atoms with Gasteiger partial charge in [-0.15, -0.1) is 0 Å². The highest BCUT2D eigenvalue weighted by Crippen LogP contribution is 2.23. The second-order valence-electron chi connectivity index (χ2n) is 4.59. The molecular formula is C17H16N2O2. The molecule has 106 valence electrons. The lowest BCUT2D eigenvalue weighted by molar-refractivity contribution is 0.306. The van der Waals surface area contributed by atoms with E-state index in [9.17, 15) is 0 Å². The molecule has 0 saturated heterocycles. The van der Waals surface area contributed by atoms with Crippen LogP contribution in [-0.4, -0.2) is 12.0 Å². The summed E-state index contributed by atoms with van der Waals surface area (Å²) < 4.78 is 11.1. The van der Waals surface area contributed by atoms with Crippen LogP contribution in [0.5, 0.6) is 5.75 Å². The lowest BCUT2D eigenvalue weighted by Crippen LogP contribution is -1.94. The molecule has 0 saturated carbocycles. The van der Waals surface area contributed by atoms with E-state index in [1.54, 1.807) is 6.26 Å². The Balaban J connectivity index is 1.66. The fourth-order valence-electron chi connectivity index (χ4n) is 1.96. The van der Waals surface area contributed by atoms with E-state index in [2.05, 4.69) is 10.3 Å². The van der Waals surface area contributed by atoms with E-state index in [0.717, 1.165) is 22.7 Å². The van der Waals surface area contributed by atoms with E-state index >= 15 is 0 Å². The van der Waals surface area contributed by atoms with Crippen LogP contribution in [0.4, 0.5) is 5.82 Å². The predicted octanol–water partition coefficient (Wildman–Crippen LogP) is 3.96. The molecule has 0 fully saturated rings. The maximum absolute atomic E-state index is 5.75.